The van der Waals surface area contributed by atoms with Gasteiger partial charge in [-0.1, -0.05) is 23.2 Å². The third-order valence-electron chi connectivity index (χ3n) is 2.96. The predicted molar refractivity (Wildman–Crippen MR) is 78.7 cm³/mol. The lowest BCUT2D eigenvalue weighted by Crippen LogP contribution is -1.82. The number of halogens is 1. The highest BCUT2D eigenvalue weighted by atomic mass is 35.5. The summed E-state index contributed by atoms with van der Waals surface area (Å²) in [5.41, 5.74) is 2.95. The highest BCUT2D eigenvalue weighted by Crippen LogP contribution is 2.39. The third kappa shape index (κ3) is 1.88. The lowest BCUT2D eigenvalue weighted by Gasteiger charge is -2.08. The fourth-order valence-corrected chi connectivity index (χ4v) is 3.25. The molecule has 90 valence electrons. The summed E-state index contributed by atoms with van der Waals surface area (Å²) in [6.45, 7) is 2.01. The smallest absolute Gasteiger partial charge is 0.123 e. The lowest BCUT2D eigenvalue weighted by atomic mass is 10.0. The first-order valence-corrected chi connectivity index (χ1v) is 6.87. The second-order valence-electron chi connectivity index (χ2n) is 4.31. The molecule has 1 nitrogen and oxygen atoms in total. The van der Waals surface area contributed by atoms with Gasteiger partial charge < -0.3 is 5.11 Å². The standard InChI is InChI=1S/C15H11ClOS/c1-9-2-3-14(17)12(6-9)13-8-11(16)7-10-4-5-18-15(10)13/h2-8,17H,1H3. The molecule has 0 fully saturated rings. The summed E-state index contributed by atoms with van der Waals surface area (Å²) in [7, 11) is 0. The van der Waals surface area contributed by atoms with Crippen molar-refractivity contribution in [3.8, 4) is 16.9 Å². The van der Waals surface area contributed by atoms with Crippen LogP contribution in [-0.4, -0.2) is 5.11 Å². The average molecular weight is 275 g/mol. The molecular formula is C15H11ClOS. The number of aryl methyl sites for hydroxylation is 1. The molecule has 0 bridgehead atoms. The normalized spacial score (nSPS) is 11.0. The predicted octanol–water partition coefficient (Wildman–Crippen LogP) is 5.24. The van der Waals surface area contributed by atoms with Gasteiger partial charge in [0, 0.05) is 20.8 Å². The van der Waals surface area contributed by atoms with E-state index in [1.54, 1.807) is 17.4 Å². The number of fused-ring (bicyclic) bond motifs is 1. The van der Waals surface area contributed by atoms with Gasteiger partial charge >= 0.3 is 0 Å². The van der Waals surface area contributed by atoms with E-state index in [9.17, 15) is 5.11 Å². The molecule has 1 aromatic heterocycles. The summed E-state index contributed by atoms with van der Waals surface area (Å²) in [6, 6.07) is 11.5. The average Bonchev–Trinajstić information content (AvgIpc) is 2.79. The molecule has 0 aliphatic rings. The third-order valence-corrected chi connectivity index (χ3v) is 4.14. The van der Waals surface area contributed by atoms with Crippen LogP contribution in [0.15, 0.2) is 41.8 Å². The maximum Gasteiger partial charge on any atom is 0.123 e. The van der Waals surface area contributed by atoms with Crippen LogP contribution in [0.2, 0.25) is 5.02 Å². The van der Waals surface area contributed by atoms with Gasteiger partial charge in [-0.05, 0) is 48.0 Å². The lowest BCUT2D eigenvalue weighted by molar-refractivity contribution is 0.477. The number of phenolic OH excluding ortho intramolecular Hbond substituents is 1. The molecule has 0 amide bonds. The molecule has 0 saturated heterocycles. The first kappa shape index (κ1) is 11.6. The second-order valence-corrected chi connectivity index (χ2v) is 5.67. The Morgan fingerprint density at radius 2 is 1.89 bits per heavy atom. The molecule has 0 unspecified atom stereocenters. The first-order chi connectivity index (χ1) is 8.65. The number of hydrogen-bond acceptors (Lipinski definition) is 2. The van der Waals surface area contributed by atoms with Crippen LogP contribution in [0.3, 0.4) is 0 Å². The molecule has 0 saturated carbocycles. The van der Waals surface area contributed by atoms with Crippen LogP contribution >= 0.6 is 22.9 Å². The minimum atomic E-state index is 0.289. The van der Waals surface area contributed by atoms with Crippen molar-refractivity contribution in [3.05, 3.63) is 52.4 Å². The minimum absolute atomic E-state index is 0.289. The van der Waals surface area contributed by atoms with E-state index in [2.05, 4.69) is 0 Å². The zero-order valence-corrected chi connectivity index (χ0v) is 11.3. The topological polar surface area (TPSA) is 20.2 Å². The Morgan fingerprint density at radius 3 is 2.72 bits per heavy atom. The highest BCUT2D eigenvalue weighted by molar-refractivity contribution is 7.17. The van der Waals surface area contributed by atoms with Gasteiger partial charge in [-0.15, -0.1) is 11.3 Å². The Morgan fingerprint density at radius 1 is 1.06 bits per heavy atom. The van der Waals surface area contributed by atoms with E-state index < -0.39 is 0 Å². The molecular weight excluding hydrogens is 264 g/mol. The largest absolute Gasteiger partial charge is 0.507 e. The molecule has 0 aliphatic heterocycles. The molecule has 1 heterocycles. The summed E-state index contributed by atoms with van der Waals surface area (Å²) >= 11 is 7.81. The van der Waals surface area contributed by atoms with Crippen molar-refractivity contribution >= 4 is 33.0 Å². The van der Waals surface area contributed by atoms with Crippen molar-refractivity contribution in [1.82, 2.24) is 0 Å². The quantitative estimate of drug-likeness (QED) is 0.644. The Bertz CT molecular complexity index is 730. The molecule has 0 spiro atoms. The van der Waals surface area contributed by atoms with Gasteiger partial charge in [0.2, 0.25) is 0 Å². The zero-order chi connectivity index (χ0) is 12.7. The molecule has 0 aliphatic carbocycles. The van der Waals surface area contributed by atoms with Gasteiger partial charge in [0.25, 0.3) is 0 Å². The highest BCUT2D eigenvalue weighted by Gasteiger charge is 2.11. The molecule has 1 N–H and O–H groups in total. The van der Waals surface area contributed by atoms with E-state index in [4.69, 9.17) is 11.6 Å². The maximum absolute atomic E-state index is 10.0. The van der Waals surface area contributed by atoms with Crippen LogP contribution in [0.1, 0.15) is 5.56 Å². The maximum atomic E-state index is 10.0. The number of benzene rings is 2. The van der Waals surface area contributed by atoms with E-state index >= 15 is 0 Å². The second kappa shape index (κ2) is 4.30. The van der Waals surface area contributed by atoms with Crippen molar-refractivity contribution in [3.63, 3.8) is 0 Å². The van der Waals surface area contributed by atoms with Crippen LogP contribution in [0.4, 0.5) is 0 Å². The van der Waals surface area contributed by atoms with Gasteiger partial charge in [-0.2, -0.15) is 0 Å². The van der Waals surface area contributed by atoms with Gasteiger partial charge in [0.1, 0.15) is 5.75 Å². The number of phenols is 1. The Labute approximate surface area is 114 Å². The van der Waals surface area contributed by atoms with Gasteiger partial charge in [-0.3, -0.25) is 0 Å². The number of hydrogen-bond donors (Lipinski definition) is 1. The summed E-state index contributed by atoms with van der Waals surface area (Å²) < 4.78 is 1.15. The van der Waals surface area contributed by atoms with E-state index in [0.717, 1.165) is 26.8 Å². The molecule has 0 atom stereocenters. The molecule has 3 rings (SSSR count). The van der Waals surface area contributed by atoms with E-state index in [0.29, 0.717) is 5.02 Å². The van der Waals surface area contributed by atoms with Gasteiger partial charge in [0.15, 0.2) is 0 Å². The van der Waals surface area contributed by atoms with Gasteiger partial charge in [0.05, 0.1) is 0 Å². The van der Waals surface area contributed by atoms with Crippen molar-refractivity contribution < 1.29 is 5.11 Å². The Balaban J connectivity index is 2.37. The van der Waals surface area contributed by atoms with Crippen molar-refractivity contribution in [2.75, 3.05) is 0 Å². The summed E-state index contributed by atoms with van der Waals surface area (Å²) in [5.74, 6) is 0.289. The van der Waals surface area contributed by atoms with Gasteiger partial charge in [-0.25, -0.2) is 0 Å². The molecule has 2 aromatic carbocycles. The van der Waals surface area contributed by atoms with Crippen molar-refractivity contribution in [2.24, 2.45) is 0 Å². The first-order valence-electron chi connectivity index (χ1n) is 5.62. The summed E-state index contributed by atoms with van der Waals surface area (Å²) in [6.07, 6.45) is 0. The molecule has 3 heteroatoms. The number of thiophene rings is 1. The van der Waals surface area contributed by atoms with E-state index in [1.165, 1.54) is 0 Å². The van der Waals surface area contributed by atoms with Crippen molar-refractivity contribution in [2.45, 2.75) is 6.92 Å². The Kier molecular flexibility index (Phi) is 2.77. The van der Waals surface area contributed by atoms with E-state index in [1.807, 2.05) is 42.6 Å². The van der Waals surface area contributed by atoms with Crippen LogP contribution in [0, 0.1) is 6.92 Å². The minimum Gasteiger partial charge on any atom is -0.507 e. The number of aromatic hydroxyl groups is 1. The van der Waals surface area contributed by atoms with E-state index in [-0.39, 0.29) is 5.75 Å². The van der Waals surface area contributed by atoms with Crippen LogP contribution in [0.25, 0.3) is 21.2 Å². The summed E-state index contributed by atoms with van der Waals surface area (Å²) in [4.78, 5) is 0. The number of rotatable bonds is 1. The summed E-state index contributed by atoms with van der Waals surface area (Å²) in [5, 5.41) is 13.9. The van der Waals surface area contributed by atoms with Crippen LogP contribution in [-0.2, 0) is 0 Å². The molecule has 3 aromatic rings. The zero-order valence-electron chi connectivity index (χ0n) is 9.77. The fraction of sp³-hybridized carbons (Fsp3) is 0.0667. The molecule has 0 radical (unpaired) electrons. The Hall–Kier alpha value is -1.51. The fourth-order valence-electron chi connectivity index (χ4n) is 2.11. The monoisotopic (exact) mass is 274 g/mol. The van der Waals surface area contributed by atoms with Crippen molar-refractivity contribution in [1.29, 1.82) is 0 Å². The van der Waals surface area contributed by atoms with Crippen LogP contribution in [0.5, 0.6) is 5.75 Å². The SMILES string of the molecule is Cc1ccc(O)c(-c2cc(Cl)cc3ccsc23)c1. The van der Waals surface area contributed by atoms with Crippen LogP contribution < -0.4 is 0 Å². The molecule has 18 heavy (non-hydrogen) atoms.